The first-order valence-electron chi connectivity index (χ1n) is 12.8. The third-order valence-corrected chi connectivity index (χ3v) is 7.15. The summed E-state index contributed by atoms with van der Waals surface area (Å²) in [4.78, 5) is 37.3. The van der Waals surface area contributed by atoms with E-state index in [0.29, 0.717) is 44.2 Å². The number of rotatable bonds is 4. The van der Waals surface area contributed by atoms with Gasteiger partial charge in [-0.25, -0.2) is 4.79 Å². The van der Waals surface area contributed by atoms with Crippen LogP contribution in [0.4, 0.5) is 4.79 Å². The molecule has 2 N–H and O–H groups in total. The smallest absolute Gasteiger partial charge is 0.317 e. The number of aromatic nitrogens is 3. The van der Waals surface area contributed by atoms with E-state index < -0.39 is 0 Å². The molecule has 1 aliphatic heterocycles. The standard InChI is InChI=1S/C27H32N6O3/c34-25-22-15-21(26-31-24(32-36-26)20-11-8-12-28-18-20)16-23(22)33(14-7-2-1-6-13-29-25)27(35)30-17-19-9-4-3-5-10-19/h3-5,8-12,18,21-23H,1-2,6-7,13-17H2,(H,29,34)(H,30,35)/t21-,22-,23+/m1/s1. The number of hydrogen-bond acceptors (Lipinski definition) is 6. The van der Waals surface area contributed by atoms with Gasteiger partial charge in [0.15, 0.2) is 0 Å². The Kier molecular flexibility index (Phi) is 7.54. The zero-order chi connectivity index (χ0) is 24.7. The SMILES string of the molecule is O=C1NCCCCCCN(C(=O)NCc2ccccc2)[C@H]2C[C@H](c3nc(-c4cccnc4)no3)C[C@@H]12. The van der Waals surface area contributed by atoms with Gasteiger partial charge in [0.05, 0.1) is 5.92 Å². The van der Waals surface area contributed by atoms with Gasteiger partial charge in [-0.3, -0.25) is 9.78 Å². The normalized spacial score (nSPS) is 22.8. The monoisotopic (exact) mass is 488 g/mol. The van der Waals surface area contributed by atoms with E-state index in [-0.39, 0.29) is 29.8 Å². The molecule has 36 heavy (non-hydrogen) atoms. The molecule has 3 heterocycles. The lowest BCUT2D eigenvalue weighted by molar-refractivity contribution is -0.126. The molecule has 5 rings (SSSR count). The fourth-order valence-corrected chi connectivity index (χ4v) is 5.25. The zero-order valence-electron chi connectivity index (χ0n) is 20.3. The molecule has 0 radical (unpaired) electrons. The Morgan fingerprint density at radius 3 is 2.78 bits per heavy atom. The highest BCUT2D eigenvalue weighted by Gasteiger charge is 2.45. The highest BCUT2D eigenvalue weighted by molar-refractivity contribution is 5.82. The number of urea groups is 1. The summed E-state index contributed by atoms with van der Waals surface area (Å²) in [5, 5.41) is 10.3. The summed E-state index contributed by atoms with van der Waals surface area (Å²) >= 11 is 0. The van der Waals surface area contributed by atoms with Crippen molar-refractivity contribution in [1.82, 2.24) is 30.7 Å². The molecule has 2 aliphatic rings. The molecule has 1 aliphatic carbocycles. The molecule has 1 aromatic carbocycles. The average Bonchev–Trinajstić information content (AvgIpc) is 3.57. The number of carbonyl (C=O) groups excluding carboxylic acids is 2. The zero-order valence-corrected chi connectivity index (χ0v) is 20.3. The quantitative estimate of drug-likeness (QED) is 0.576. The van der Waals surface area contributed by atoms with Gasteiger partial charge in [0, 0.05) is 49.6 Å². The predicted octanol–water partition coefficient (Wildman–Crippen LogP) is 3.90. The average molecular weight is 489 g/mol. The number of pyridine rings is 1. The number of fused-ring (bicyclic) bond motifs is 1. The van der Waals surface area contributed by atoms with E-state index in [4.69, 9.17) is 4.52 Å². The largest absolute Gasteiger partial charge is 0.356 e. The molecule has 1 saturated heterocycles. The number of nitrogens with zero attached hydrogens (tertiary/aromatic N) is 4. The number of carbonyl (C=O) groups is 2. The molecular formula is C27H32N6O3. The van der Waals surface area contributed by atoms with Gasteiger partial charge < -0.3 is 20.1 Å². The van der Waals surface area contributed by atoms with E-state index in [0.717, 1.165) is 36.8 Å². The van der Waals surface area contributed by atoms with Crippen molar-refractivity contribution in [2.24, 2.45) is 5.92 Å². The van der Waals surface area contributed by atoms with Gasteiger partial charge in [0.25, 0.3) is 0 Å². The van der Waals surface area contributed by atoms with Crippen molar-refractivity contribution >= 4 is 11.9 Å². The first-order valence-corrected chi connectivity index (χ1v) is 12.8. The van der Waals surface area contributed by atoms with E-state index in [1.807, 2.05) is 47.4 Å². The molecule has 0 bridgehead atoms. The minimum absolute atomic E-state index is 0.00254. The van der Waals surface area contributed by atoms with Gasteiger partial charge in [-0.05, 0) is 43.4 Å². The third-order valence-electron chi connectivity index (χ3n) is 7.15. The maximum absolute atomic E-state index is 13.4. The Hall–Kier alpha value is -3.75. The summed E-state index contributed by atoms with van der Waals surface area (Å²) in [5.74, 6) is 0.554. The molecule has 2 fully saturated rings. The molecule has 2 aromatic heterocycles. The van der Waals surface area contributed by atoms with E-state index in [2.05, 4.69) is 25.8 Å². The molecule has 9 nitrogen and oxygen atoms in total. The van der Waals surface area contributed by atoms with Crippen LogP contribution in [0.15, 0.2) is 59.4 Å². The minimum Gasteiger partial charge on any atom is -0.356 e. The van der Waals surface area contributed by atoms with Crippen LogP contribution in [0.2, 0.25) is 0 Å². The third kappa shape index (κ3) is 5.56. The second-order valence-corrected chi connectivity index (χ2v) is 9.58. The van der Waals surface area contributed by atoms with E-state index in [1.54, 1.807) is 12.4 Å². The van der Waals surface area contributed by atoms with Crippen LogP contribution in [0.25, 0.3) is 11.4 Å². The summed E-state index contributed by atoms with van der Waals surface area (Å²) < 4.78 is 5.64. The molecule has 3 atom stereocenters. The number of benzene rings is 1. The van der Waals surface area contributed by atoms with Crippen LogP contribution in [0.3, 0.4) is 0 Å². The summed E-state index contributed by atoms with van der Waals surface area (Å²) in [6, 6.07) is 13.2. The lowest BCUT2D eigenvalue weighted by Crippen LogP contribution is -2.50. The lowest BCUT2D eigenvalue weighted by atomic mass is 10.0. The Labute approximate surface area is 210 Å². The fourth-order valence-electron chi connectivity index (χ4n) is 5.25. The molecule has 3 amide bonds. The highest BCUT2D eigenvalue weighted by atomic mass is 16.5. The van der Waals surface area contributed by atoms with Crippen LogP contribution in [-0.2, 0) is 11.3 Å². The molecular weight excluding hydrogens is 456 g/mol. The first kappa shape index (κ1) is 24.0. The predicted molar refractivity (Wildman–Crippen MR) is 134 cm³/mol. The summed E-state index contributed by atoms with van der Waals surface area (Å²) in [6.45, 7) is 1.73. The van der Waals surface area contributed by atoms with Gasteiger partial charge in [-0.1, -0.05) is 48.3 Å². The Balaban J connectivity index is 1.36. The van der Waals surface area contributed by atoms with Gasteiger partial charge in [0.1, 0.15) is 0 Å². The molecule has 0 unspecified atom stereocenters. The minimum atomic E-state index is -0.329. The van der Waals surface area contributed by atoms with E-state index in [1.165, 1.54) is 0 Å². The molecule has 188 valence electrons. The van der Waals surface area contributed by atoms with Crippen LogP contribution in [0.5, 0.6) is 0 Å². The maximum atomic E-state index is 13.4. The van der Waals surface area contributed by atoms with Crippen molar-refractivity contribution in [3.63, 3.8) is 0 Å². The maximum Gasteiger partial charge on any atom is 0.317 e. The van der Waals surface area contributed by atoms with Gasteiger partial charge >= 0.3 is 6.03 Å². The molecule has 0 spiro atoms. The van der Waals surface area contributed by atoms with Crippen molar-refractivity contribution in [2.75, 3.05) is 13.1 Å². The number of amides is 3. The van der Waals surface area contributed by atoms with Crippen LogP contribution >= 0.6 is 0 Å². The van der Waals surface area contributed by atoms with Gasteiger partial charge in [-0.15, -0.1) is 0 Å². The van der Waals surface area contributed by atoms with Crippen molar-refractivity contribution in [3.05, 3.63) is 66.3 Å². The van der Waals surface area contributed by atoms with E-state index in [9.17, 15) is 9.59 Å². The lowest BCUT2D eigenvalue weighted by Gasteiger charge is -2.32. The van der Waals surface area contributed by atoms with Crippen molar-refractivity contribution in [1.29, 1.82) is 0 Å². The second kappa shape index (κ2) is 11.3. The summed E-state index contributed by atoms with van der Waals surface area (Å²) in [6.07, 6.45) is 8.48. The van der Waals surface area contributed by atoms with Crippen LogP contribution in [0.1, 0.15) is 55.9 Å². The molecule has 1 saturated carbocycles. The highest BCUT2D eigenvalue weighted by Crippen LogP contribution is 2.41. The van der Waals surface area contributed by atoms with Crippen LogP contribution < -0.4 is 10.6 Å². The molecule has 9 heteroatoms. The topological polar surface area (TPSA) is 113 Å². The van der Waals surface area contributed by atoms with Crippen LogP contribution in [0, 0.1) is 5.92 Å². The summed E-state index contributed by atoms with van der Waals surface area (Å²) in [7, 11) is 0. The Morgan fingerprint density at radius 1 is 1.08 bits per heavy atom. The first-order chi connectivity index (χ1) is 17.7. The Bertz CT molecular complexity index is 1150. The van der Waals surface area contributed by atoms with Gasteiger partial charge in [0.2, 0.25) is 17.6 Å². The fraction of sp³-hybridized carbons (Fsp3) is 0.444. The van der Waals surface area contributed by atoms with Crippen LogP contribution in [-0.4, -0.2) is 51.1 Å². The van der Waals surface area contributed by atoms with E-state index >= 15 is 0 Å². The number of hydrogen-bond donors (Lipinski definition) is 2. The number of nitrogens with one attached hydrogen (secondary N) is 2. The summed E-state index contributed by atoms with van der Waals surface area (Å²) in [5.41, 5.74) is 1.82. The van der Waals surface area contributed by atoms with Crippen molar-refractivity contribution < 1.29 is 14.1 Å². The Morgan fingerprint density at radius 2 is 1.94 bits per heavy atom. The molecule has 3 aromatic rings. The van der Waals surface area contributed by atoms with Gasteiger partial charge in [-0.2, -0.15) is 4.98 Å². The van der Waals surface area contributed by atoms with Crippen molar-refractivity contribution in [2.45, 2.75) is 57.0 Å². The van der Waals surface area contributed by atoms with Crippen molar-refractivity contribution in [3.8, 4) is 11.4 Å². The second-order valence-electron chi connectivity index (χ2n) is 9.58.